The number of nitrogens with one attached hydrogen (secondary N) is 2. The zero-order valence-electron chi connectivity index (χ0n) is 13.3. The molecule has 138 valence electrons. The SMILES string of the molecule is O=c1cc(/C=N/OCCCO/N=C/c2cc(O)c(O)cc2F)[nH]c(=O)[nH]1. The normalized spacial score (nSPS) is 11.3. The fourth-order valence-corrected chi connectivity index (χ4v) is 1.71. The predicted octanol–water partition coefficient (Wildman–Crippen LogP) is 0.405. The molecule has 0 radical (unpaired) electrons. The standard InChI is InChI=1S/C15H15FN4O6/c16-11-6-13(22)12(21)4-9(11)7-17-25-2-1-3-26-18-8-10-5-14(23)20-15(24)19-10/h4-8,21-22H,1-3H2,(H2,19,20,23,24)/b17-7+,18-8+. The van der Waals surface area contributed by atoms with Crippen LogP contribution in [0.25, 0.3) is 0 Å². The molecule has 0 atom stereocenters. The van der Waals surface area contributed by atoms with Crippen LogP contribution >= 0.6 is 0 Å². The molecule has 1 aromatic carbocycles. The van der Waals surface area contributed by atoms with Crippen LogP contribution in [0.1, 0.15) is 17.7 Å². The van der Waals surface area contributed by atoms with Gasteiger partial charge in [-0.1, -0.05) is 10.3 Å². The Kier molecular flexibility index (Phi) is 6.48. The molecule has 1 aromatic heterocycles. The molecule has 11 heteroatoms. The molecular weight excluding hydrogens is 351 g/mol. The van der Waals surface area contributed by atoms with Gasteiger partial charge in [-0.2, -0.15) is 0 Å². The highest BCUT2D eigenvalue weighted by Crippen LogP contribution is 2.26. The second-order valence-corrected chi connectivity index (χ2v) is 4.89. The highest BCUT2D eigenvalue weighted by Gasteiger charge is 2.06. The number of rotatable bonds is 8. The number of H-pyrrole nitrogens is 2. The van der Waals surface area contributed by atoms with Crippen LogP contribution in [0.5, 0.6) is 11.5 Å². The maximum atomic E-state index is 13.4. The third-order valence-electron chi connectivity index (χ3n) is 2.88. The highest BCUT2D eigenvalue weighted by atomic mass is 19.1. The second-order valence-electron chi connectivity index (χ2n) is 4.89. The minimum absolute atomic E-state index is 0.0482. The summed E-state index contributed by atoms with van der Waals surface area (Å²) in [6, 6.07) is 2.91. The van der Waals surface area contributed by atoms with Gasteiger partial charge in [-0.05, 0) is 6.07 Å². The van der Waals surface area contributed by atoms with Crippen molar-refractivity contribution in [2.24, 2.45) is 10.3 Å². The van der Waals surface area contributed by atoms with E-state index in [9.17, 15) is 19.1 Å². The molecule has 0 amide bonds. The smallest absolute Gasteiger partial charge is 0.326 e. The molecule has 0 aliphatic heterocycles. The first-order valence-electron chi connectivity index (χ1n) is 7.31. The fraction of sp³-hybridized carbons (Fsp3) is 0.200. The molecule has 1 heterocycles. The summed E-state index contributed by atoms with van der Waals surface area (Å²) >= 11 is 0. The molecule has 0 saturated carbocycles. The summed E-state index contributed by atoms with van der Waals surface area (Å²) < 4.78 is 13.4. The van der Waals surface area contributed by atoms with Crippen LogP contribution in [0.15, 0.2) is 38.1 Å². The van der Waals surface area contributed by atoms with Gasteiger partial charge in [-0.3, -0.25) is 9.78 Å². The molecule has 0 bridgehead atoms. The van der Waals surface area contributed by atoms with E-state index < -0.39 is 28.6 Å². The van der Waals surface area contributed by atoms with Gasteiger partial charge in [-0.25, -0.2) is 9.18 Å². The van der Waals surface area contributed by atoms with Gasteiger partial charge in [0.15, 0.2) is 11.5 Å². The average Bonchev–Trinajstić information content (AvgIpc) is 2.57. The van der Waals surface area contributed by atoms with Gasteiger partial charge in [0.2, 0.25) is 0 Å². The van der Waals surface area contributed by atoms with Crippen LogP contribution in [-0.2, 0) is 9.68 Å². The lowest BCUT2D eigenvalue weighted by atomic mass is 10.2. The first-order valence-corrected chi connectivity index (χ1v) is 7.31. The lowest BCUT2D eigenvalue weighted by molar-refractivity contribution is 0.0913. The van der Waals surface area contributed by atoms with E-state index in [0.29, 0.717) is 6.42 Å². The molecule has 0 fully saturated rings. The van der Waals surface area contributed by atoms with E-state index in [-0.39, 0.29) is 24.5 Å². The zero-order chi connectivity index (χ0) is 18.9. The molecule has 0 aliphatic rings. The summed E-state index contributed by atoms with van der Waals surface area (Å²) in [6.45, 7) is 0.327. The first-order chi connectivity index (χ1) is 12.5. The number of oxime groups is 2. The lowest BCUT2D eigenvalue weighted by Gasteiger charge is -2.01. The molecule has 2 rings (SSSR count). The number of phenols is 2. The minimum Gasteiger partial charge on any atom is -0.504 e. The van der Waals surface area contributed by atoms with E-state index in [1.54, 1.807) is 0 Å². The largest absolute Gasteiger partial charge is 0.504 e. The Morgan fingerprint density at radius 1 is 1.00 bits per heavy atom. The van der Waals surface area contributed by atoms with Crippen molar-refractivity contribution >= 4 is 12.4 Å². The number of nitrogens with zero attached hydrogens (tertiary/aromatic N) is 2. The molecule has 0 saturated heterocycles. The number of phenolic OH excluding ortho intramolecular Hbond substituents is 2. The number of aromatic hydroxyl groups is 2. The van der Waals surface area contributed by atoms with Crippen LogP contribution < -0.4 is 11.2 Å². The van der Waals surface area contributed by atoms with Crippen LogP contribution in [0, 0.1) is 5.82 Å². The number of aromatic nitrogens is 2. The van der Waals surface area contributed by atoms with Gasteiger partial charge in [0.05, 0.1) is 18.1 Å². The molecule has 0 unspecified atom stereocenters. The van der Waals surface area contributed by atoms with Gasteiger partial charge in [0.25, 0.3) is 5.56 Å². The van der Waals surface area contributed by atoms with Gasteiger partial charge in [0, 0.05) is 24.1 Å². The summed E-state index contributed by atoms with van der Waals surface area (Å²) in [6.07, 6.45) is 2.64. The van der Waals surface area contributed by atoms with E-state index >= 15 is 0 Å². The Balaban J connectivity index is 1.68. The molecule has 0 aliphatic carbocycles. The summed E-state index contributed by atoms with van der Waals surface area (Å²) in [5.74, 6) is -1.80. The zero-order valence-corrected chi connectivity index (χ0v) is 13.3. The molecule has 26 heavy (non-hydrogen) atoms. The molecular formula is C15H15FN4O6. The Morgan fingerprint density at radius 2 is 1.65 bits per heavy atom. The van der Waals surface area contributed by atoms with Gasteiger partial charge in [0.1, 0.15) is 19.0 Å². The molecule has 4 N–H and O–H groups in total. The van der Waals surface area contributed by atoms with Gasteiger partial charge < -0.3 is 24.9 Å². The number of hydrogen-bond donors (Lipinski definition) is 4. The van der Waals surface area contributed by atoms with Crippen molar-refractivity contribution in [1.82, 2.24) is 9.97 Å². The monoisotopic (exact) mass is 366 g/mol. The van der Waals surface area contributed by atoms with E-state index in [0.717, 1.165) is 24.4 Å². The lowest BCUT2D eigenvalue weighted by Crippen LogP contribution is -2.22. The number of benzene rings is 1. The van der Waals surface area contributed by atoms with Gasteiger partial charge >= 0.3 is 5.69 Å². The summed E-state index contributed by atoms with van der Waals surface area (Å²) in [4.78, 5) is 36.2. The number of halogens is 1. The van der Waals surface area contributed by atoms with Crippen molar-refractivity contribution in [1.29, 1.82) is 0 Å². The van der Waals surface area contributed by atoms with E-state index in [2.05, 4.69) is 15.3 Å². The van der Waals surface area contributed by atoms with Crippen LogP contribution in [-0.4, -0.2) is 45.8 Å². The van der Waals surface area contributed by atoms with Gasteiger partial charge in [-0.15, -0.1) is 0 Å². The van der Waals surface area contributed by atoms with Crippen LogP contribution in [0.2, 0.25) is 0 Å². The predicted molar refractivity (Wildman–Crippen MR) is 89.1 cm³/mol. The third-order valence-corrected chi connectivity index (χ3v) is 2.88. The van der Waals surface area contributed by atoms with E-state index in [1.807, 2.05) is 4.98 Å². The quantitative estimate of drug-likeness (QED) is 0.230. The third kappa shape index (κ3) is 5.78. The molecule has 10 nitrogen and oxygen atoms in total. The molecule has 2 aromatic rings. The number of aromatic amines is 2. The average molecular weight is 366 g/mol. The highest BCUT2D eigenvalue weighted by molar-refractivity contribution is 5.80. The van der Waals surface area contributed by atoms with Crippen LogP contribution in [0.3, 0.4) is 0 Å². The maximum absolute atomic E-state index is 13.4. The Hall–Kier alpha value is -3.63. The summed E-state index contributed by atoms with van der Waals surface area (Å²) in [5, 5.41) is 25.5. The minimum atomic E-state index is -0.761. The number of hydrogen-bond acceptors (Lipinski definition) is 8. The van der Waals surface area contributed by atoms with Crippen molar-refractivity contribution in [2.45, 2.75) is 6.42 Å². The van der Waals surface area contributed by atoms with Crippen molar-refractivity contribution < 1.29 is 24.3 Å². The topological polar surface area (TPSA) is 149 Å². The second kappa shape index (κ2) is 9.01. The van der Waals surface area contributed by atoms with Crippen molar-refractivity contribution in [2.75, 3.05) is 13.2 Å². The van der Waals surface area contributed by atoms with E-state index in [1.165, 1.54) is 6.21 Å². The Bertz CT molecular complexity index is 893. The van der Waals surface area contributed by atoms with Crippen LogP contribution in [0.4, 0.5) is 4.39 Å². The van der Waals surface area contributed by atoms with Crippen molar-refractivity contribution in [3.63, 3.8) is 0 Å². The summed E-state index contributed by atoms with van der Waals surface area (Å²) in [5.41, 5.74) is -1.06. The fourth-order valence-electron chi connectivity index (χ4n) is 1.71. The van der Waals surface area contributed by atoms with Crippen molar-refractivity contribution in [3.05, 3.63) is 56.1 Å². The first kappa shape index (κ1) is 18.7. The summed E-state index contributed by atoms with van der Waals surface area (Å²) in [7, 11) is 0. The molecule has 0 spiro atoms. The Morgan fingerprint density at radius 3 is 2.35 bits per heavy atom. The maximum Gasteiger partial charge on any atom is 0.326 e. The van der Waals surface area contributed by atoms with Crippen molar-refractivity contribution in [3.8, 4) is 11.5 Å². The Labute approximate surface area is 145 Å². The van der Waals surface area contributed by atoms with E-state index in [4.69, 9.17) is 14.8 Å².